The minimum Gasteiger partial charge on any atom is -0.466 e. The van der Waals surface area contributed by atoms with Gasteiger partial charge in [-0.05, 0) is 18.5 Å². The second kappa shape index (κ2) is 6.13. The van der Waals surface area contributed by atoms with Gasteiger partial charge in [0.2, 0.25) is 0 Å². The summed E-state index contributed by atoms with van der Waals surface area (Å²) in [6.45, 7) is 1.74. The smallest absolute Gasteiger partial charge is 0.392 e. The van der Waals surface area contributed by atoms with Crippen LogP contribution in [0.1, 0.15) is 20.3 Å². The van der Waals surface area contributed by atoms with Crippen molar-refractivity contribution in [3.05, 3.63) is 0 Å². The molecule has 0 spiro atoms. The molecule has 0 N–H and O–H groups in total. The van der Waals surface area contributed by atoms with Crippen LogP contribution in [0.4, 0.5) is 35.1 Å². The summed E-state index contributed by atoms with van der Waals surface area (Å²) in [6, 6.07) is 0. The first-order valence-electron chi connectivity index (χ1n) is 5.48. The normalized spacial score (nSPS) is 15.8. The maximum atomic E-state index is 13.2. The number of alkyl halides is 9. The highest BCUT2D eigenvalue weighted by Gasteiger charge is 2.80. The zero-order valence-corrected chi connectivity index (χ0v) is 11.5. The Kier molecular flexibility index (Phi) is 5.90. The Hall–Kier alpha value is -0.800. The summed E-state index contributed by atoms with van der Waals surface area (Å²) in [5, 5.41) is -5.90. The van der Waals surface area contributed by atoms with Crippen LogP contribution >= 0.6 is 11.6 Å². The second-order valence-corrected chi connectivity index (χ2v) is 4.68. The predicted octanol–water partition coefficient (Wildman–Crippen LogP) is 4.31. The van der Waals surface area contributed by atoms with Crippen molar-refractivity contribution in [2.24, 2.45) is 5.92 Å². The van der Waals surface area contributed by atoms with E-state index in [-0.39, 0.29) is 6.61 Å². The minimum atomic E-state index is -6.51. The summed E-state index contributed by atoms with van der Waals surface area (Å²) in [7, 11) is 0. The molecule has 0 fully saturated rings. The van der Waals surface area contributed by atoms with Crippen molar-refractivity contribution in [2.45, 2.75) is 43.4 Å². The fraction of sp³-hybridized carbons (Fsp3) is 0.900. The number of hydrogen-bond donors (Lipinski definition) is 0. The van der Waals surface area contributed by atoms with Gasteiger partial charge in [0.1, 0.15) is 0 Å². The Bertz CT molecular complexity index is 380. The van der Waals surface area contributed by atoms with Crippen LogP contribution in [0.5, 0.6) is 0 Å². The molecule has 0 bridgehead atoms. The lowest BCUT2D eigenvalue weighted by molar-refractivity contribution is -0.350. The van der Waals surface area contributed by atoms with Crippen molar-refractivity contribution in [1.82, 2.24) is 0 Å². The summed E-state index contributed by atoms with van der Waals surface area (Å²) in [5.74, 6) is -21.9. The number of ether oxygens (including phenoxy) is 1. The number of carbonyl (C=O) groups excluding carboxylic acids is 1. The molecule has 0 heterocycles. The summed E-state index contributed by atoms with van der Waals surface area (Å²) in [5.41, 5.74) is 0. The molecule has 0 aliphatic carbocycles. The van der Waals surface area contributed by atoms with Crippen LogP contribution in [-0.2, 0) is 9.53 Å². The van der Waals surface area contributed by atoms with Crippen LogP contribution in [-0.4, -0.2) is 35.7 Å². The van der Waals surface area contributed by atoms with E-state index in [2.05, 4.69) is 16.3 Å². The van der Waals surface area contributed by atoms with Crippen LogP contribution in [0.15, 0.2) is 0 Å². The topological polar surface area (TPSA) is 26.3 Å². The molecule has 0 saturated carbocycles. The Labute approximate surface area is 119 Å². The molecular formula is C10H11ClF8O2. The molecule has 0 saturated heterocycles. The monoisotopic (exact) mass is 350 g/mol. The Morgan fingerprint density at radius 3 is 1.81 bits per heavy atom. The van der Waals surface area contributed by atoms with Crippen LogP contribution in [0.3, 0.4) is 0 Å². The van der Waals surface area contributed by atoms with E-state index < -0.39 is 41.5 Å². The molecule has 126 valence electrons. The number of carbonyl (C=O) groups is 1. The van der Waals surface area contributed by atoms with Crippen molar-refractivity contribution in [1.29, 1.82) is 0 Å². The van der Waals surface area contributed by atoms with E-state index in [9.17, 15) is 39.9 Å². The lowest BCUT2D eigenvalue weighted by atomic mass is 9.95. The second-order valence-electron chi connectivity index (χ2n) is 4.21. The summed E-state index contributed by atoms with van der Waals surface area (Å²) in [4.78, 5) is 11.0. The third-order valence-electron chi connectivity index (χ3n) is 2.46. The van der Waals surface area contributed by atoms with Gasteiger partial charge in [-0.1, -0.05) is 6.92 Å². The highest BCUT2D eigenvalue weighted by molar-refractivity contribution is 6.22. The molecule has 0 aromatic heterocycles. The maximum Gasteiger partial charge on any atom is 0.392 e. The minimum absolute atomic E-state index is 0.263. The van der Waals surface area contributed by atoms with Crippen molar-refractivity contribution >= 4 is 17.6 Å². The molecule has 0 amide bonds. The molecule has 2 nitrogen and oxygen atoms in total. The molecule has 11 heteroatoms. The zero-order chi connectivity index (χ0) is 17.3. The Morgan fingerprint density at radius 2 is 1.48 bits per heavy atom. The third kappa shape index (κ3) is 3.89. The van der Waals surface area contributed by atoms with Crippen molar-refractivity contribution in [2.75, 3.05) is 6.61 Å². The number of hydrogen-bond acceptors (Lipinski definition) is 2. The van der Waals surface area contributed by atoms with Gasteiger partial charge in [-0.3, -0.25) is 4.79 Å². The van der Waals surface area contributed by atoms with Crippen molar-refractivity contribution in [3.8, 4) is 0 Å². The summed E-state index contributed by atoms with van der Waals surface area (Å²) in [6.07, 6.45) is -2.11. The molecule has 0 radical (unpaired) electrons. The quantitative estimate of drug-likeness (QED) is 0.388. The largest absolute Gasteiger partial charge is 0.466 e. The molecule has 1 unspecified atom stereocenters. The number of rotatable bonds is 7. The van der Waals surface area contributed by atoms with Gasteiger partial charge in [0.25, 0.3) is 0 Å². The van der Waals surface area contributed by atoms with Gasteiger partial charge in [0, 0.05) is 6.42 Å². The SMILES string of the molecule is CCOC(=O)C(C)CC(F)(F)C(F)(F)C(F)(F)C(F)(F)Cl. The van der Waals surface area contributed by atoms with E-state index in [1.807, 2.05) is 0 Å². The zero-order valence-electron chi connectivity index (χ0n) is 10.7. The molecule has 0 aromatic carbocycles. The Morgan fingerprint density at radius 1 is 1.05 bits per heavy atom. The van der Waals surface area contributed by atoms with Gasteiger partial charge in [0.15, 0.2) is 0 Å². The number of esters is 1. The van der Waals surface area contributed by atoms with E-state index in [1.165, 1.54) is 6.92 Å². The first-order valence-corrected chi connectivity index (χ1v) is 5.86. The van der Waals surface area contributed by atoms with Crippen molar-refractivity contribution < 1.29 is 44.7 Å². The first-order chi connectivity index (χ1) is 9.12. The van der Waals surface area contributed by atoms with Gasteiger partial charge < -0.3 is 4.74 Å². The van der Waals surface area contributed by atoms with Crippen LogP contribution < -0.4 is 0 Å². The van der Waals surface area contributed by atoms with Crippen LogP contribution in [0.2, 0.25) is 0 Å². The van der Waals surface area contributed by atoms with Gasteiger partial charge >= 0.3 is 29.1 Å². The van der Waals surface area contributed by atoms with E-state index in [0.717, 1.165) is 0 Å². The van der Waals surface area contributed by atoms with Gasteiger partial charge in [-0.2, -0.15) is 35.1 Å². The third-order valence-corrected chi connectivity index (χ3v) is 2.70. The molecular weight excluding hydrogens is 340 g/mol. The Balaban J connectivity index is 5.35. The molecule has 0 aliphatic heterocycles. The fourth-order valence-electron chi connectivity index (χ4n) is 1.29. The van der Waals surface area contributed by atoms with Crippen LogP contribution in [0, 0.1) is 5.92 Å². The lowest BCUT2D eigenvalue weighted by Gasteiger charge is -2.35. The van der Waals surface area contributed by atoms with Crippen LogP contribution in [0.25, 0.3) is 0 Å². The molecule has 0 rings (SSSR count). The maximum absolute atomic E-state index is 13.2. The molecule has 1 atom stereocenters. The van der Waals surface area contributed by atoms with Gasteiger partial charge in [-0.15, -0.1) is 0 Å². The lowest BCUT2D eigenvalue weighted by Crippen LogP contribution is -2.61. The van der Waals surface area contributed by atoms with Gasteiger partial charge in [-0.25, -0.2) is 0 Å². The predicted molar refractivity (Wildman–Crippen MR) is 56.1 cm³/mol. The summed E-state index contributed by atoms with van der Waals surface area (Å²) >= 11 is 3.78. The van der Waals surface area contributed by atoms with Gasteiger partial charge in [0.05, 0.1) is 12.5 Å². The van der Waals surface area contributed by atoms with E-state index in [0.29, 0.717) is 6.92 Å². The molecule has 21 heavy (non-hydrogen) atoms. The fourth-order valence-corrected chi connectivity index (χ4v) is 1.41. The van der Waals surface area contributed by atoms with Crippen molar-refractivity contribution in [3.63, 3.8) is 0 Å². The van der Waals surface area contributed by atoms with E-state index in [4.69, 9.17) is 0 Å². The standard InChI is InChI=1S/C10H11ClF8O2/c1-3-21-6(20)5(2)4-7(12,13)8(14,15)9(16,17)10(11,18)19/h5H,3-4H2,1-2H3. The first kappa shape index (κ1) is 20.2. The highest BCUT2D eigenvalue weighted by atomic mass is 35.5. The molecule has 0 aromatic rings. The van der Waals surface area contributed by atoms with E-state index in [1.54, 1.807) is 0 Å². The highest BCUT2D eigenvalue weighted by Crippen LogP contribution is 2.55. The van der Waals surface area contributed by atoms with E-state index >= 15 is 0 Å². The average molecular weight is 351 g/mol. The summed E-state index contributed by atoms with van der Waals surface area (Å²) < 4.78 is 107. The average Bonchev–Trinajstić information content (AvgIpc) is 2.26. The number of halogens is 9. The molecule has 0 aliphatic rings.